The highest BCUT2D eigenvalue weighted by Gasteiger charge is 2.25. The molecule has 2 aromatic rings. The highest BCUT2D eigenvalue weighted by atomic mass is 32.1. The smallest absolute Gasteiger partial charge is 0.338 e. The highest BCUT2D eigenvalue weighted by Crippen LogP contribution is 2.14. The highest BCUT2D eigenvalue weighted by molar-refractivity contribution is 7.12. The molecule has 1 fully saturated rings. The van der Waals surface area contributed by atoms with Crippen molar-refractivity contribution in [3.63, 3.8) is 0 Å². The maximum Gasteiger partial charge on any atom is 0.338 e. The van der Waals surface area contributed by atoms with Gasteiger partial charge < -0.3 is 14.5 Å². The van der Waals surface area contributed by atoms with Gasteiger partial charge in [-0.2, -0.15) is 0 Å². The summed E-state index contributed by atoms with van der Waals surface area (Å²) in [6.07, 6.45) is 0. The van der Waals surface area contributed by atoms with E-state index in [2.05, 4.69) is 0 Å². The lowest BCUT2D eigenvalue weighted by Crippen LogP contribution is -2.51. The van der Waals surface area contributed by atoms with Gasteiger partial charge in [0.2, 0.25) is 0 Å². The fourth-order valence-corrected chi connectivity index (χ4v) is 3.40. The normalized spacial score (nSPS) is 14.2. The maximum atomic E-state index is 12.3. The van der Waals surface area contributed by atoms with Crippen LogP contribution in [-0.2, 0) is 9.53 Å². The van der Waals surface area contributed by atoms with Gasteiger partial charge in [0.15, 0.2) is 6.61 Å². The summed E-state index contributed by atoms with van der Waals surface area (Å²) in [4.78, 5) is 40.6. The second-order valence-electron chi connectivity index (χ2n) is 6.09. The first-order valence-corrected chi connectivity index (χ1v) is 9.27. The van der Waals surface area contributed by atoms with E-state index in [0.717, 1.165) is 5.56 Å². The Hall–Kier alpha value is -2.67. The predicted molar refractivity (Wildman–Crippen MR) is 98.3 cm³/mol. The fourth-order valence-electron chi connectivity index (χ4n) is 2.71. The van der Waals surface area contributed by atoms with Gasteiger partial charge in [-0.3, -0.25) is 9.59 Å². The van der Waals surface area contributed by atoms with E-state index in [1.807, 2.05) is 30.5 Å². The van der Waals surface area contributed by atoms with Gasteiger partial charge >= 0.3 is 5.97 Å². The van der Waals surface area contributed by atoms with Crippen LogP contribution in [0, 0.1) is 6.92 Å². The summed E-state index contributed by atoms with van der Waals surface area (Å²) in [6.45, 7) is 3.49. The number of nitrogens with zero attached hydrogens (tertiary/aromatic N) is 2. The number of hydrogen-bond donors (Lipinski definition) is 0. The quantitative estimate of drug-likeness (QED) is 0.772. The van der Waals surface area contributed by atoms with E-state index >= 15 is 0 Å². The van der Waals surface area contributed by atoms with Crippen molar-refractivity contribution in [1.29, 1.82) is 0 Å². The Bertz CT molecular complexity index is 778. The van der Waals surface area contributed by atoms with Crippen LogP contribution in [0.5, 0.6) is 0 Å². The molecule has 6 nitrogen and oxygen atoms in total. The van der Waals surface area contributed by atoms with E-state index in [0.29, 0.717) is 36.6 Å². The average molecular weight is 372 g/mol. The number of ether oxygens (including phenoxy) is 1. The third-order valence-electron chi connectivity index (χ3n) is 4.27. The molecule has 0 saturated carbocycles. The van der Waals surface area contributed by atoms with Crippen molar-refractivity contribution in [3.05, 3.63) is 57.8 Å². The van der Waals surface area contributed by atoms with Gasteiger partial charge in [-0.05, 0) is 30.5 Å². The first kappa shape index (κ1) is 18.1. The third kappa shape index (κ3) is 4.29. The van der Waals surface area contributed by atoms with Crippen molar-refractivity contribution in [1.82, 2.24) is 9.80 Å². The molecule has 1 aromatic carbocycles. The molecule has 0 atom stereocenters. The first-order valence-electron chi connectivity index (χ1n) is 8.39. The largest absolute Gasteiger partial charge is 0.452 e. The van der Waals surface area contributed by atoms with E-state index in [1.54, 1.807) is 28.0 Å². The van der Waals surface area contributed by atoms with E-state index in [1.165, 1.54) is 11.3 Å². The minimum absolute atomic E-state index is 0.00195. The lowest BCUT2D eigenvalue weighted by molar-refractivity contribution is -0.136. The fraction of sp³-hybridized carbons (Fsp3) is 0.316. The van der Waals surface area contributed by atoms with Crippen molar-refractivity contribution in [3.8, 4) is 0 Å². The number of hydrogen-bond acceptors (Lipinski definition) is 5. The summed E-state index contributed by atoms with van der Waals surface area (Å²) in [5.74, 6) is -0.753. The molecule has 0 radical (unpaired) electrons. The molecule has 0 N–H and O–H groups in total. The van der Waals surface area contributed by atoms with Crippen LogP contribution in [0.1, 0.15) is 25.6 Å². The van der Waals surface area contributed by atoms with Crippen molar-refractivity contribution in [2.45, 2.75) is 6.92 Å². The van der Waals surface area contributed by atoms with Crippen molar-refractivity contribution in [2.24, 2.45) is 0 Å². The summed E-state index contributed by atoms with van der Waals surface area (Å²) in [7, 11) is 0. The summed E-state index contributed by atoms with van der Waals surface area (Å²) in [6, 6.07) is 10.6. The van der Waals surface area contributed by atoms with Crippen molar-refractivity contribution < 1.29 is 19.1 Å². The Labute approximate surface area is 156 Å². The van der Waals surface area contributed by atoms with Gasteiger partial charge in [0.05, 0.1) is 10.4 Å². The van der Waals surface area contributed by atoms with Gasteiger partial charge in [0.1, 0.15) is 0 Å². The third-order valence-corrected chi connectivity index (χ3v) is 5.12. The Morgan fingerprint density at radius 3 is 2.27 bits per heavy atom. The van der Waals surface area contributed by atoms with Crippen LogP contribution in [0.15, 0.2) is 41.8 Å². The predicted octanol–water partition coefficient (Wildman–Crippen LogP) is 2.20. The second-order valence-corrected chi connectivity index (χ2v) is 7.04. The molecule has 1 aliphatic rings. The molecule has 2 heterocycles. The minimum Gasteiger partial charge on any atom is -0.452 e. The summed E-state index contributed by atoms with van der Waals surface area (Å²) >= 11 is 1.41. The van der Waals surface area contributed by atoms with Gasteiger partial charge in [-0.15, -0.1) is 11.3 Å². The SMILES string of the molecule is Cc1ccc(C(=O)OCC(=O)N2CCN(C(=O)c3cccs3)CC2)cc1. The molecular formula is C19H20N2O4S. The molecule has 0 spiro atoms. The molecular weight excluding hydrogens is 352 g/mol. The van der Waals surface area contributed by atoms with Crippen LogP contribution in [0.25, 0.3) is 0 Å². The van der Waals surface area contributed by atoms with E-state index < -0.39 is 5.97 Å². The number of benzene rings is 1. The number of carbonyl (C=O) groups is 3. The van der Waals surface area contributed by atoms with Crippen LogP contribution in [0.2, 0.25) is 0 Å². The molecule has 3 rings (SSSR count). The monoisotopic (exact) mass is 372 g/mol. The van der Waals surface area contributed by atoms with Crippen molar-refractivity contribution in [2.75, 3.05) is 32.8 Å². The zero-order valence-corrected chi connectivity index (χ0v) is 15.3. The maximum absolute atomic E-state index is 12.3. The lowest BCUT2D eigenvalue weighted by atomic mass is 10.1. The second kappa shape index (κ2) is 8.14. The van der Waals surface area contributed by atoms with Gasteiger partial charge in [0, 0.05) is 26.2 Å². The molecule has 136 valence electrons. The van der Waals surface area contributed by atoms with Crippen LogP contribution >= 0.6 is 11.3 Å². The standard InChI is InChI=1S/C19H20N2O4S/c1-14-4-6-15(7-5-14)19(24)25-13-17(22)20-8-10-21(11-9-20)18(23)16-3-2-12-26-16/h2-7,12H,8-11,13H2,1H3. The topological polar surface area (TPSA) is 66.9 Å². The summed E-state index contributed by atoms with van der Waals surface area (Å²) in [5.41, 5.74) is 1.47. The number of thiophene rings is 1. The minimum atomic E-state index is -0.509. The zero-order chi connectivity index (χ0) is 18.5. The van der Waals surface area contributed by atoms with Crippen LogP contribution in [0.3, 0.4) is 0 Å². The zero-order valence-electron chi connectivity index (χ0n) is 14.5. The van der Waals surface area contributed by atoms with Crippen LogP contribution < -0.4 is 0 Å². The first-order chi connectivity index (χ1) is 12.5. The number of rotatable bonds is 4. The Morgan fingerprint density at radius 2 is 1.65 bits per heavy atom. The van der Waals surface area contributed by atoms with Crippen LogP contribution in [-0.4, -0.2) is 60.4 Å². The van der Waals surface area contributed by atoms with E-state index in [-0.39, 0.29) is 18.4 Å². The van der Waals surface area contributed by atoms with E-state index in [9.17, 15) is 14.4 Å². The number of aryl methyl sites for hydroxylation is 1. The van der Waals surface area contributed by atoms with Crippen LogP contribution in [0.4, 0.5) is 0 Å². The summed E-state index contributed by atoms with van der Waals surface area (Å²) < 4.78 is 5.11. The average Bonchev–Trinajstić information content (AvgIpc) is 3.20. The number of esters is 1. The Kier molecular flexibility index (Phi) is 5.68. The molecule has 0 aliphatic carbocycles. The molecule has 0 unspecified atom stereocenters. The Morgan fingerprint density at radius 1 is 1.00 bits per heavy atom. The number of amides is 2. The number of piperazine rings is 1. The van der Waals surface area contributed by atoms with Gasteiger partial charge in [0.25, 0.3) is 11.8 Å². The van der Waals surface area contributed by atoms with Gasteiger partial charge in [-0.25, -0.2) is 4.79 Å². The Balaban J connectivity index is 1.45. The van der Waals surface area contributed by atoms with Gasteiger partial charge in [-0.1, -0.05) is 23.8 Å². The molecule has 1 aromatic heterocycles. The molecule has 2 amide bonds. The van der Waals surface area contributed by atoms with E-state index in [4.69, 9.17) is 4.74 Å². The lowest BCUT2D eigenvalue weighted by Gasteiger charge is -2.34. The van der Waals surface area contributed by atoms with Crippen molar-refractivity contribution >= 4 is 29.1 Å². The molecule has 7 heteroatoms. The molecule has 1 aliphatic heterocycles. The summed E-state index contributed by atoms with van der Waals surface area (Å²) in [5, 5.41) is 1.87. The number of carbonyl (C=O) groups excluding carboxylic acids is 3. The molecule has 0 bridgehead atoms. The molecule has 1 saturated heterocycles. The molecule has 26 heavy (non-hydrogen) atoms.